The Labute approximate surface area is 130 Å². The van der Waals surface area contributed by atoms with Crippen LogP contribution in [0, 0.1) is 11.3 Å². The number of furan rings is 1. The summed E-state index contributed by atoms with van der Waals surface area (Å²) >= 11 is 1.29. The van der Waals surface area contributed by atoms with Gasteiger partial charge in [-0.05, 0) is 30.5 Å². The molecule has 1 amide bonds. The molecular weight excluding hydrogens is 300 g/mol. The van der Waals surface area contributed by atoms with Crippen LogP contribution in [0.3, 0.4) is 0 Å². The maximum absolute atomic E-state index is 12.3. The highest BCUT2D eigenvalue weighted by atomic mass is 32.1. The molecule has 0 bridgehead atoms. The number of hydrogen-bond donors (Lipinski definition) is 1. The third-order valence-electron chi connectivity index (χ3n) is 3.04. The van der Waals surface area contributed by atoms with E-state index in [9.17, 15) is 4.79 Å². The van der Waals surface area contributed by atoms with E-state index < -0.39 is 5.91 Å². The molecule has 0 unspecified atom stereocenters. The number of rotatable bonds is 4. The van der Waals surface area contributed by atoms with Crippen LogP contribution >= 0.6 is 11.3 Å². The van der Waals surface area contributed by atoms with E-state index in [0.29, 0.717) is 28.5 Å². The number of nitrogens with zero attached hydrogens (tertiary/aromatic N) is 1. The maximum atomic E-state index is 12.3. The fraction of sp³-hybridized carbons (Fsp3) is 0.125. The molecule has 2 aromatic heterocycles. The van der Waals surface area contributed by atoms with Gasteiger partial charge in [0.15, 0.2) is 17.1 Å². The molecule has 0 spiro atoms. The molecule has 0 radical (unpaired) electrons. The van der Waals surface area contributed by atoms with E-state index >= 15 is 0 Å². The third-order valence-corrected chi connectivity index (χ3v) is 3.87. The summed E-state index contributed by atoms with van der Waals surface area (Å²) in [4.78, 5) is 12.3. The number of carbonyl (C=O) groups excluding carboxylic acids is 1. The molecule has 0 atom stereocenters. The number of hydrogen-bond acceptors (Lipinski definition) is 5. The van der Waals surface area contributed by atoms with Crippen LogP contribution in [0.25, 0.3) is 11.0 Å². The summed E-state index contributed by atoms with van der Waals surface area (Å²) in [6, 6.07) is 10.8. The van der Waals surface area contributed by atoms with Crippen LogP contribution in [-0.2, 0) is 0 Å². The first kappa shape index (κ1) is 14.2. The summed E-state index contributed by atoms with van der Waals surface area (Å²) in [6.07, 6.45) is 0. The van der Waals surface area contributed by atoms with E-state index in [4.69, 9.17) is 14.4 Å². The summed E-state index contributed by atoms with van der Waals surface area (Å²) in [6.45, 7) is 2.40. The molecule has 5 nitrogen and oxygen atoms in total. The average Bonchev–Trinajstić information content (AvgIpc) is 3.14. The molecule has 1 aromatic carbocycles. The fourth-order valence-electron chi connectivity index (χ4n) is 2.08. The standard InChI is InChI=1S/C16H12N2O3S/c1-2-20-12-5-3-4-10-8-13(21-14(10)12)15(19)18-16-11(9-17)6-7-22-16/h3-8H,2H2,1H3,(H,18,19). The van der Waals surface area contributed by atoms with Crippen LogP contribution < -0.4 is 10.1 Å². The Morgan fingerprint density at radius 1 is 1.45 bits per heavy atom. The highest BCUT2D eigenvalue weighted by Crippen LogP contribution is 2.30. The lowest BCUT2D eigenvalue weighted by molar-refractivity contribution is 0.0999. The van der Waals surface area contributed by atoms with Gasteiger partial charge in [-0.2, -0.15) is 5.26 Å². The zero-order chi connectivity index (χ0) is 15.5. The van der Waals surface area contributed by atoms with Gasteiger partial charge in [-0.3, -0.25) is 4.79 Å². The van der Waals surface area contributed by atoms with Crippen molar-refractivity contribution in [1.82, 2.24) is 0 Å². The molecule has 3 aromatic rings. The molecule has 0 aliphatic heterocycles. The molecule has 110 valence electrons. The van der Waals surface area contributed by atoms with Gasteiger partial charge in [-0.1, -0.05) is 12.1 Å². The lowest BCUT2D eigenvalue weighted by atomic mass is 10.2. The molecule has 22 heavy (non-hydrogen) atoms. The van der Waals surface area contributed by atoms with Gasteiger partial charge in [0, 0.05) is 5.39 Å². The van der Waals surface area contributed by atoms with Crippen molar-refractivity contribution in [1.29, 1.82) is 5.26 Å². The molecule has 3 rings (SSSR count). The lowest BCUT2D eigenvalue weighted by Crippen LogP contribution is -2.10. The topological polar surface area (TPSA) is 75.3 Å². The number of fused-ring (bicyclic) bond motifs is 1. The van der Waals surface area contributed by atoms with E-state index in [0.717, 1.165) is 5.39 Å². The Kier molecular flexibility index (Phi) is 3.81. The van der Waals surface area contributed by atoms with Crippen molar-refractivity contribution in [3.63, 3.8) is 0 Å². The number of nitrogens with one attached hydrogen (secondary N) is 1. The van der Waals surface area contributed by atoms with Crippen molar-refractivity contribution in [2.24, 2.45) is 0 Å². The molecule has 0 aliphatic rings. The van der Waals surface area contributed by atoms with Gasteiger partial charge in [-0.25, -0.2) is 0 Å². The minimum Gasteiger partial charge on any atom is -0.490 e. The predicted molar refractivity (Wildman–Crippen MR) is 84.4 cm³/mol. The fourth-order valence-corrected chi connectivity index (χ4v) is 2.81. The number of thiophene rings is 1. The van der Waals surface area contributed by atoms with E-state index in [1.54, 1.807) is 23.6 Å². The Hall–Kier alpha value is -2.78. The lowest BCUT2D eigenvalue weighted by Gasteiger charge is -2.02. The number of carbonyl (C=O) groups is 1. The molecule has 0 saturated heterocycles. The van der Waals surface area contributed by atoms with Crippen LogP contribution in [-0.4, -0.2) is 12.5 Å². The van der Waals surface area contributed by atoms with Crippen molar-refractivity contribution >= 4 is 33.2 Å². The Morgan fingerprint density at radius 2 is 2.32 bits per heavy atom. The number of amides is 1. The van der Waals surface area contributed by atoms with Crippen molar-refractivity contribution in [2.75, 3.05) is 11.9 Å². The highest BCUT2D eigenvalue weighted by Gasteiger charge is 2.16. The zero-order valence-electron chi connectivity index (χ0n) is 11.8. The maximum Gasteiger partial charge on any atom is 0.292 e. The molecular formula is C16H12N2O3S. The predicted octanol–water partition coefficient (Wildman–Crippen LogP) is 4.02. The minimum absolute atomic E-state index is 0.180. The monoisotopic (exact) mass is 312 g/mol. The van der Waals surface area contributed by atoms with Gasteiger partial charge < -0.3 is 14.5 Å². The number of nitriles is 1. The Balaban J connectivity index is 1.92. The van der Waals surface area contributed by atoms with Gasteiger partial charge in [0.1, 0.15) is 11.1 Å². The third kappa shape index (κ3) is 2.54. The van der Waals surface area contributed by atoms with Gasteiger partial charge in [-0.15, -0.1) is 11.3 Å². The summed E-state index contributed by atoms with van der Waals surface area (Å²) < 4.78 is 11.1. The van der Waals surface area contributed by atoms with Crippen molar-refractivity contribution in [3.05, 3.63) is 47.0 Å². The molecule has 2 heterocycles. The first-order valence-corrected chi connectivity index (χ1v) is 7.55. The molecule has 1 N–H and O–H groups in total. The van der Waals surface area contributed by atoms with Gasteiger partial charge in [0.25, 0.3) is 5.91 Å². The number of anilines is 1. The molecule has 0 saturated carbocycles. The average molecular weight is 312 g/mol. The van der Waals surface area contributed by atoms with E-state index in [1.807, 2.05) is 25.1 Å². The second kappa shape index (κ2) is 5.92. The first-order chi connectivity index (χ1) is 10.7. The van der Waals surface area contributed by atoms with Crippen molar-refractivity contribution in [2.45, 2.75) is 6.92 Å². The van der Waals surface area contributed by atoms with Crippen LogP contribution in [0.4, 0.5) is 5.00 Å². The summed E-state index contributed by atoms with van der Waals surface area (Å²) in [5.74, 6) is 0.393. The SMILES string of the molecule is CCOc1cccc2cc(C(=O)Nc3sccc3C#N)oc12. The summed E-state index contributed by atoms with van der Waals surface area (Å²) in [7, 11) is 0. The second-order valence-corrected chi connectivity index (χ2v) is 5.36. The molecule has 0 aliphatic carbocycles. The molecule has 6 heteroatoms. The largest absolute Gasteiger partial charge is 0.490 e. The number of ether oxygens (including phenoxy) is 1. The van der Waals surface area contributed by atoms with Gasteiger partial charge in [0.05, 0.1) is 12.2 Å². The van der Waals surface area contributed by atoms with Crippen LogP contribution in [0.15, 0.2) is 40.1 Å². The number of benzene rings is 1. The van der Waals surface area contributed by atoms with Crippen LogP contribution in [0.1, 0.15) is 23.0 Å². The number of para-hydroxylation sites is 1. The van der Waals surface area contributed by atoms with E-state index in [2.05, 4.69) is 5.32 Å². The summed E-state index contributed by atoms with van der Waals surface area (Å²) in [5.41, 5.74) is 0.977. The minimum atomic E-state index is -0.391. The second-order valence-electron chi connectivity index (χ2n) is 4.45. The smallest absolute Gasteiger partial charge is 0.292 e. The molecule has 0 fully saturated rings. The van der Waals surface area contributed by atoms with Crippen molar-refractivity contribution in [3.8, 4) is 11.8 Å². The van der Waals surface area contributed by atoms with Crippen LogP contribution in [0.2, 0.25) is 0 Å². The highest BCUT2D eigenvalue weighted by molar-refractivity contribution is 7.14. The van der Waals surface area contributed by atoms with Gasteiger partial charge in [0.2, 0.25) is 0 Å². The Morgan fingerprint density at radius 3 is 3.09 bits per heavy atom. The summed E-state index contributed by atoms with van der Waals surface area (Å²) in [5, 5.41) is 14.7. The van der Waals surface area contributed by atoms with Crippen molar-refractivity contribution < 1.29 is 13.9 Å². The first-order valence-electron chi connectivity index (χ1n) is 6.67. The normalized spacial score (nSPS) is 10.4. The quantitative estimate of drug-likeness (QED) is 0.789. The van der Waals surface area contributed by atoms with Crippen LogP contribution in [0.5, 0.6) is 5.75 Å². The zero-order valence-corrected chi connectivity index (χ0v) is 12.6. The Bertz CT molecular complexity index is 873. The van der Waals surface area contributed by atoms with Gasteiger partial charge >= 0.3 is 0 Å². The van der Waals surface area contributed by atoms with E-state index in [-0.39, 0.29) is 5.76 Å². The van der Waals surface area contributed by atoms with E-state index in [1.165, 1.54) is 11.3 Å².